The van der Waals surface area contributed by atoms with Crippen molar-refractivity contribution in [1.29, 1.82) is 0 Å². The second kappa shape index (κ2) is 7.50. The van der Waals surface area contributed by atoms with E-state index in [0.29, 0.717) is 11.4 Å². The summed E-state index contributed by atoms with van der Waals surface area (Å²) >= 11 is 0. The molecule has 0 aliphatic carbocycles. The van der Waals surface area contributed by atoms with Gasteiger partial charge in [0.1, 0.15) is 17.3 Å². The van der Waals surface area contributed by atoms with E-state index in [1.165, 1.54) is 11.1 Å². The first-order valence-corrected chi connectivity index (χ1v) is 8.97. The monoisotopic (exact) mass is 359 g/mol. The molecular formula is C22H21N3O2. The van der Waals surface area contributed by atoms with Crippen LogP contribution in [-0.4, -0.2) is 24.5 Å². The number of hydrogen-bond donors (Lipinski definition) is 1. The Morgan fingerprint density at radius 2 is 1.78 bits per heavy atom. The van der Waals surface area contributed by atoms with Gasteiger partial charge in [-0.1, -0.05) is 30.3 Å². The van der Waals surface area contributed by atoms with Crippen molar-refractivity contribution in [2.24, 2.45) is 0 Å². The van der Waals surface area contributed by atoms with Crippen molar-refractivity contribution in [1.82, 2.24) is 4.98 Å². The zero-order valence-corrected chi connectivity index (χ0v) is 15.2. The molecule has 0 atom stereocenters. The average Bonchev–Trinajstić information content (AvgIpc) is 2.74. The highest BCUT2D eigenvalue weighted by Crippen LogP contribution is 2.23. The predicted molar refractivity (Wildman–Crippen MR) is 106 cm³/mol. The quantitative estimate of drug-likeness (QED) is 0.767. The molecular weight excluding hydrogens is 338 g/mol. The molecule has 1 aromatic heterocycles. The molecule has 1 aliphatic rings. The fourth-order valence-corrected chi connectivity index (χ4v) is 3.29. The highest BCUT2D eigenvalue weighted by Gasteiger charge is 2.18. The van der Waals surface area contributed by atoms with Gasteiger partial charge < -0.3 is 15.0 Å². The Labute approximate surface area is 158 Å². The van der Waals surface area contributed by atoms with E-state index in [9.17, 15) is 4.79 Å². The van der Waals surface area contributed by atoms with Crippen molar-refractivity contribution < 1.29 is 9.53 Å². The lowest BCUT2D eigenvalue weighted by atomic mass is 10.00. The van der Waals surface area contributed by atoms with Crippen LogP contribution in [0.25, 0.3) is 0 Å². The molecule has 1 N–H and O–H groups in total. The van der Waals surface area contributed by atoms with Crippen LogP contribution in [0.2, 0.25) is 0 Å². The summed E-state index contributed by atoms with van der Waals surface area (Å²) in [6.45, 7) is 1.71. The standard InChI is InChI=1S/C22H21N3O2/c1-27-19-11-9-18(10-12-19)23-22(26)20-7-4-8-21(24-20)25-14-13-16-5-2-3-6-17(16)15-25/h2-12H,13-15H2,1H3,(H,23,26). The molecule has 5 heteroatoms. The molecule has 1 amide bonds. The first-order valence-electron chi connectivity index (χ1n) is 8.97. The molecule has 0 fully saturated rings. The van der Waals surface area contributed by atoms with Gasteiger partial charge in [-0.05, 0) is 53.9 Å². The summed E-state index contributed by atoms with van der Waals surface area (Å²) in [7, 11) is 1.61. The number of pyridine rings is 1. The minimum Gasteiger partial charge on any atom is -0.497 e. The summed E-state index contributed by atoms with van der Waals surface area (Å²) in [6.07, 6.45) is 0.986. The predicted octanol–water partition coefficient (Wildman–Crippen LogP) is 3.91. The van der Waals surface area contributed by atoms with Crippen molar-refractivity contribution >= 4 is 17.4 Å². The average molecular weight is 359 g/mol. The zero-order valence-electron chi connectivity index (χ0n) is 15.2. The van der Waals surface area contributed by atoms with E-state index in [1.807, 2.05) is 36.4 Å². The van der Waals surface area contributed by atoms with E-state index in [4.69, 9.17) is 4.74 Å². The Morgan fingerprint density at radius 3 is 2.56 bits per heavy atom. The van der Waals surface area contributed by atoms with E-state index >= 15 is 0 Å². The number of fused-ring (bicyclic) bond motifs is 1. The number of nitrogens with zero attached hydrogens (tertiary/aromatic N) is 2. The number of methoxy groups -OCH3 is 1. The molecule has 0 spiro atoms. The molecule has 2 heterocycles. The van der Waals surface area contributed by atoms with Gasteiger partial charge in [0.25, 0.3) is 5.91 Å². The summed E-state index contributed by atoms with van der Waals surface area (Å²) in [5.41, 5.74) is 3.82. The molecule has 27 heavy (non-hydrogen) atoms. The SMILES string of the molecule is COc1ccc(NC(=O)c2cccc(N3CCc4ccccc4C3)n2)cc1. The van der Waals surface area contributed by atoms with E-state index in [1.54, 1.807) is 13.2 Å². The third-order valence-corrected chi connectivity index (χ3v) is 4.77. The van der Waals surface area contributed by atoms with Crippen molar-refractivity contribution in [2.75, 3.05) is 23.9 Å². The lowest BCUT2D eigenvalue weighted by Gasteiger charge is -2.29. The Hall–Kier alpha value is -3.34. The van der Waals surface area contributed by atoms with Crippen LogP contribution < -0.4 is 15.0 Å². The van der Waals surface area contributed by atoms with Gasteiger partial charge in [-0.15, -0.1) is 0 Å². The number of amides is 1. The summed E-state index contributed by atoms with van der Waals surface area (Å²) in [4.78, 5) is 19.4. The Morgan fingerprint density at radius 1 is 1.00 bits per heavy atom. The molecule has 5 nitrogen and oxygen atoms in total. The van der Waals surface area contributed by atoms with Gasteiger partial charge in [0.2, 0.25) is 0 Å². The van der Waals surface area contributed by atoms with Gasteiger partial charge in [0, 0.05) is 18.8 Å². The largest absolute Gasteiger partial charge is 0.497 e. The van der Waals surface area contributed by atoms with Gasteiger partial charge in [0.15, 0.2) is 0 Å². The maximum atomic E-state index is 12.6. The van der Waals surface area contributed by atoms with Gasteiger partial charge in [0.05, 0.1) is 7.11 Å². The Bertz CT molecular complexity index is 954. The van der Waals surface area contributed by atoms with Crippen molar-refractivity contribution in [3.05, 3.63) is 83.6 Å². The van der Waals surface area contributed by atoms with Gasteiger partial charge in [-0.3, -0.25) is 4.79 Å². The van der Waals surface area contributed by atoms with Crippen LogP contribution in [0.15, 0.2) is 66.7 Å². The lowest BCUT2D eigenvalue weighted by Crippen LogP contribution is -2.31. The number of nitrogens with one attached hydrogen (secondary N) is 1. The lowest BCUT2D eigenvalue weighted by molar-refractivity contribution is 0.102. The number of anilines is 2. The smallest absolute Gasteiger partial charge is 0.274 e. The summed E-state index contributed by atoms with van der Waals surface area (Å²) in [5.74, 6) is 1.35. The highest BCUT2D eigenvalue weighted by atomic mass is 16.5. The molecule has 0 saturated heterocycles. The van der Waals surface area contributed by atoms with Crippen LogP contribution in [0.5, 0.6) is 5.75 Å². The summed E-state index contributed by atoms with van der Waals surface area (Å²) in [5, 5.41) is 2.88. The van der Waals surface area contributed by atoms with Crippen molar-refractivity contribution in [3.63, 3.8) is 0 Å². The Balaban J connectivity index is 1.49. The normalized spacial score (nSPS) is 13.0. The molecule has 3 aromatic rings. The summed E-state index contributed by atoms with van der Waals surface area (Å²) < 4.78 is 5.14. The molecule has 0 bridgehead atoms. The maximum Gasteiger partial charge on any atom is 0.274 e. The number of hydrogen-bond acceptors (Lipinski definition) is 4. The molecule has 4 rings (SSSR count). The first-order chi connectivity index (χ1) is 13.2. The molecule has 136 valence electrons. The minimum absolute atomic E-state index is 0.223. The summed E-state index contributed by atoms with van der Waals surface area (Å²) in [6, 6.07) is 21.3. The topological polar surface area (TPSA) is 54.5 Å². The van der Waals surface area contributed by atoms with Crippen LogP contribution in [0.4, 0.5) is 11.5 Å². The fraction of sp³-hybridized carbons (Fsp3) is 0.182. The maximum absolute atomic E-state index is 12.6. The second-order valence-corrected chi connectivity index (χ2v) is 6.50. The third-order valence-electron chi connectivity index (χ3n) is 4.77. The number of benzene rings is 2. The van der Waals surface area contributed by atoms with Crippen LogP contribution in [0.1, 0.15) is 21.6 Å². The number of rotatable bonds is 4. The molecule has 0 unspecified atom stereocenters. The van der Waals surface area contributed by atoms with Crippen LogP contribution >= 0.6 is 0 Å². The van der Waals surface area contributed by atoms with Crippen LogP contribution in [-0.2, 0) is 13.0 Å². The number of carbonyl (C=O) groups excluding carboxylic acids is 1. The zero-order chi connectivity index (χ0) is 18.6. The number of ether oxygens (including phenoxy) is 1. The Kier molecular flexibility index (Phi) is 4.75. The van der Waals surface area contributed by atoms with E-state index in [0.717, 1.165) is 31.1 Å². The highest BCUT2D eigenvalue weighted by molar-refractivity contribution is 6.03. The van der Waals surface area contributed by atoms with E-state index in [-0.39, 0.29) is 5.91 Å². The van der Waals surface area contributed by atoms with Crippen molar-refractivity contribution in [3.8, 4) is 5.75 Å². The minimum atomic E-state index is -0.223. The number of carbonyl (C=O) groups is 1. The fourth-order valence-electron chi connectivity index (χ4n) is 3.29. The molecule has 1 aliphatic heterocycles. The van der Waals surface area contributed by atoms with Crippen LogP contribution in [0, 0.1) is 0 Å². The molecule has 0 radical (unpaired) electrons. The molecule has 0 saturated carbocycles. The van der Waals surface area contributed by atoms with Crippen LogP contribution in [0.3, 0.4) is 0 Å². The van der Waals surface area contributed by atoms with E-state index in [2.05, 4.69) is 39.5 Å². The van der Waals surface area contributed by atoms with Gasteiger partial charge in [-0.2, -0.15) is 0 Å². The first kappa shape index (κ1) is 17.1. The third kappa shape index (κ3) is 3.77. The van der Waals surface area contributed by atoms with Gasteiger partial charge >= 0.3 is 0 Å². The van der Waals surface area contributed by atoms with Crippen molar-refractivity contribution in [2.45, 2.75) is 13.0 Å². The van der Waals surface area contributed by atoms with E-state index < -0.39 is 0 Å². The second-order valence-electron chi connectivity index (χ2n) is 6.50. The van der Waals surface area contributed by atoms with Gasteiger partial charge in [-0.25, -0.2) is 4.98 Å². The number of aromatic nitrogens is 1. The molecule has 2 aromatic carbocycles.